The van der Waals surface area contributed by atoms with Gasteiger partial charge in [-0.25, -0.2) is 4.99 Å². The van der Waals surface area contributed by atoms with E-state index in [1.165, 1.54) is 25.7 Å². The number of nitrogens with two attached hydrogens (primary N) is 1. The fraction of sp³-hybridized carbons (Fsp3) is 0.750. The van der Waals surface area contributed by atoms with Crippen LogP contribution in [-0.4, -0.2) is 18.5 Å². The van der Waals surface area contributed by atoms with Crippen molar-refractivity contribution in [3.8, 4) is 0 Å². The number of nitrogens with one attached hydrogen (secondary N) is 1. The molecule has 0 amide bonds. The van der Waals surface area contributed by atoms with E-state index in [9.17, 15) is 0 Å². The van der Waals surface area contributed by atoms with Crippen LogP contribution in [0.1, 0.15) is 32.6 Å². The molecule has 3 heteroatoms. The van der Waals surface area contributed by atoms with E-state index in [1.807, 2.05) is 6.92 Å². The van der Waals surface area contributed by atoms with E-state index in [1.54, 1.807) is 0 Å². The third-order valence-corrected chi connectivity index (χ3v) is 3.45. The molecule has 2 aliphatic carbocycles. The van der Waals surface area contributed by atoms with Crippen LogP contribution in [0.25, 0.3) is 0 Å². The quantitative estimate of drug-likeness (QED) is 0.418. The summed E-state index contributed by atoms with van der Waals surface area (Å²) in [5, 5.41) is 3.30. The zero-order valence-corrected chi connectivity index (χ0v) is 9.50. The van der Waals surface area contributed by atoms with Crippen molar-refractivity contribution in [2.24, 2.45) is 22.6 Å². The predicted molar refractivity (Wildman–Crippen MR) is 63.7 cm³/mol. The van der Waals surface area contributed by atoms with E-state index in [-0.39, 0.29) is 0 Å². The van der Waals surface area contributed by atoms with Gasteiger partial charge in [0.05, 0.1) is 6.54 Å². The molecule has 0 radical (unpaired) electrons. The SMILES string of the molecule is C=C(C)CN=C(N)N[C@@H]1C[C@H]1C1CCC1. The Hall–Kier alpha value is -0.990. The lowest BCUT2D eigenvalue weighted by Gasteiger charge is -2.25. The average molecular weight is 207 g/mol. The van der Waals surface area contributed by atoms with Crippen LogP contribution in [0, 0.1) is 11.8 Å². The molecule has 0 aliphatic heterocycles. The van der Waals surface area contributed by atoms with E-state index in [4.69, 9.17) is 5.73 Å². The van der Waals surface area contributed by atoms with Crippen LogP contribution in [0.3, 0.4) is 0 Å². The molecule has 2 fully saturated rings. The molecule has 2 saturated carbocycles. The predicted octanol–water partition coefficient (Wildman–Crippen LogP) is 1.66. The van der Waals surface area contributed by atoms with E-state index < -0.39 is 0 Å². The molecule has 0 aromatic carbocycles. The van der Waals surface area contributed by atoms with Gasteiger partial charge in [0.2, 0.25) is 0 Å². The molecule has 3 nitrogen and oxygen atoms in total. The normalized spacial score (nSPS) is 30.9. The van der Waals surface area contributed by atoms with Crippen LogP contribution in [0.15, 0.2) is 17.1 Å². The number of aliphatic imine (C=N–C) groups is 1. The fourth-order valence-corrected chi connectivity index (χ4v) is 2.23. The lowest BCUT2D eigenvalue weighted by Crippen LogP contribution is -2.35. The van der Waals surface area contributed by atoms with Crippen molar-refractivity contribution in [3.05, 3.63) is 12.2 Å². The van der Waals surface area contributed by atoms with Crippen molar-refractivity contribution in [1.29, 1.82) is 0 Å². The second-order valence-electron chi connectivity index (χ2n) is 5.00. The third-order valence-electron chi connectivity index (χ3n) is 3.45. The lowest BCUT2D eigenvalue weighted by molar-refractivity contribution is 0.271. The van der Waals surface area contributed by atoms with Crippen molar-refractivity contribution < 1.29 is 0 Å². The van der Waals surface area contributed by atoms with Crippen LogP contribution < -0.4 is 11.1 Å². The Morgan fingerprint density at radius 3 is 2.80 bits per heavy atom. The highest BCUT2D eigenvalue weighted by Gasteiger charge is 2.45. The van der Waals surface area contributed by atoms with Crippen molar-refractivity contribution in [2.45, 2.75) is 38.6 Å². The maximum absolute atomic E-state index is 5.78. The first-order valence-corrected chi connectivity index (χ1v) is 5.87. The highest BCUT2D eigenvalue weighted by molar-refractivity contribution is 5.78. The number of rotatable bonds is 4. The summed E-state index contributed by atoms with van der Waals surface area (Å²) in [4.78, 5) is 4.23. The molecule has 3 N–H and O–H groups in total. The Bertz CT molecular complexity index is 279. The van der Waals surface area contributed by atoms with Crippen LogP contribution >= 0.6 is 0 Å². The summed E-state index contributed by atoms with van der Waals surface area (Å²) in [5.74, 6) is 2.43. The number of guanidine groups is 1. The van der Waals surface area contributed by atoms with Gasteiger partial charge in [-0.15, -0.1) is 0 Å². The maximum atomic E-state index is 5.78. The van der Waals surface area contributed by atoms with Gasteiger partial charge in [-0.1, -0.05) is 31.4 Å². The molecule has 0 heterocycles. The Labute approximate surface area is 91.8 Å². The molecule has 0 unspecified atom stereocenters. The molecule has 0 spiro atoms. The van der Waals surface area contributed by atoms with Crippen LogP contribution in [0.5, 0.6) is 0 Å². The molecule has 2 aliphatic rings. The highest BCUT2D eigenvalue weighted by Crippen LogP contribution is 2.46. The zero-order chi connectivity index (χ0) is 10.8. The Morgan fingerprint density at radius 2 is 2.27 bits per heavy atom. The monoisotopic (exact) mass is 207 g/mol. The van der Waals surface area contributed by atoms with Crippen LogP contribution in [0.2, 0.25) is 0 Å². The van der Waals surface area contributed by atoms with Gasteiger partial charge in [0, 0.05) is 6.04 Å². The van der Waals surface area contributed by atoms with E-state index >= 15 is 0 Å². The van der Waals surface area contributed by atoms with Crippen LogP contribution in [-0.2, 0) is 0 Å². The summed E-state index contributed by atoms with van der Waals surface area (Å²) >= 11 is 0. The van der Waals surface area contributed by atoms with Gasteiger partial charge >= 0.3 is 0 Å². The highest BCUT2D eigenvalue weighted by atomic mass is 15.1. The molecule has 84 valence electrons. The molecule has 2 atom stereocenters. The van der Waals surface area contributed by atoms with Crippen molar-refractivity contribution in [3.63, 3.8) is 0 Å². The second kappa shape index (κ2) is 4.25. The van der Waals surface area contributed by atoms with Gasteiger partial charge in [0.15, 0.2) is 5.96 Å². The maximum Gasteiger partial charge on any atom is 0.189 e. The number of nitrogens with zero attached hydrogens (tertiary/aromatic N) is 1. The average Bonchev–Trinajstić information content (AvgIpc) is 2.77. The van der Waals surface area contributed by atoms with Gasteiger partial charge in [-0.2, -0.15) is 0 Å². The van der Waals surface area contributed by atoms with Crippen molar-refractivity contribution >= 4 is 5.96 Å². The van der Waals surface area contributed by atoms with Crippen LogP contribution in [0.4, 0.5) is 0 Å². The summed E-state index contributed by atoms with van der Waals surface area (Å²) in [7, 11) is 0. The van der Waals surface area contributed by atoms with Gasteiger partial charge in [-0.05, 0) is 25.2 Å². The molecule has 0 saturated heterocycles. The molecule has 2 rings (SSSR count). The Morgan fingerprint density at radius 1 is 1.53 bits per heavy atom. The molecular weight excluding hydrogens is 186 g/mol. The lowest BCUT2D eigenvalue weighted by atomic mass is 9.81. The van der Waals surface area contributed by atoms with E-state index in [2.05, 4.69) is 16.9 Å². The molecular formula is C12H21N3. The van der Waals surface area contributed by atoms with Crippen molar-refractivity contribution in [2.75, 3.05) is 6.54 Å². The van der Waals surface area contributed by atoms with Gasteiger partial charge < -0.3 is 11.1 Å². The summed E-state index contributed by atoms with van der Waals surface area (Å²) in [6, 6.07) is 0.601. The Balaban J connectivity index is 1.69. The molecule has 0 bridgehead atoms. The summed E-state index contributed by atoms with van der Waals surface area (Å²) in [6.45, 7) is 6.40. The summed E-state index contributed by atoms with van der Waals surface area (Å²) in [6.07, 6.45) is 5.55. The first kappa shape index (κ1) is 10.5. The van der Waals surface area contributed by atoms with Crippen molar-refractivity contribution in [1.82, 2.24) is 5.32 Å². The fourth-order valence-electron chi connectivity index (χ4n) is 2.23. The van der Waals surface area contributed by atoms with Gasteiger partial charge in [0.1, 0.15) is 0 Å². The zero-order valence-electron chi connectivity index (χ0n) is 9.50. The first-order chi connectivity index (χ1) is 7.16. The smallest absolute Gasteiger partial charge is 0.189 e. The largest absolute Gasteiger partial charge is 0.370 e. The van der Waals surface area contributed by atoms with Gasteiger partial charge in [0.25, 0.3) is 0 Å². The van der Waals surface area contributed by atoms with E-state index in [0.29, 0.717) is 18.5 Å². The third kappa shape index (κ3) is 2.74. The summed E-state index contributed by atoms with van der Waals surface area (Å²) in [5.41, 5.74) is 6.83. The molecule has 0 aromatic heterocycles. The minimum absolute atomic E-state index is 0.588. The second-order valence-corrected chi connectivity index (χ2v) is 5.00. The minimum atomic E-state index is 0.588. The minimum Gasteiger partial charge on any atom is -0.370 e. The van der Waals surface area contributed by atoms with Gasteiger partial charge in [-0.3, -0.25) is 0 Å². The Kier molecular flexibility index (Phi) is 2.98. The first-order valence-electron chi connectivity index (χ1n) is 5.87. The molecule has 0 aromatic rings. The standard InChI is InChI=1S/C12H21N3/c1-8(2)7-14-12(13)15-11-6-10(11)9-4-3-5-9/h9-11H,1,3-7H2,2H3,(H3,13,14,15)/t10-,11+/m0/s1. The number of hydrogen-bond acceptors (Lipinski definition) is 1. The number of hydrogen-bond donors (Lipinski definition) is 2. The molecule has 15 heavy (non-hydrogen) atoms. The topological polar surface area (TPSA) is 50.4 Å². The van der Waals surface area contributed by atoms with E-state index in [0.717, 1.165) is 17.4 Å². The summed E-state index contributed by atoms with van der Waals surface area (Å²) < 4.78 is 0.